The molecule has 2 bridgehead atoms. The van der Waals surface area contributed by atoms with E-state index >= 15 is 0 Å². The molecule has 5 heteroatoms. The fourth-order valence-electron chi connectivity index (χ4n) is 3.24. The number of hydrogen-bond donors (Lipinski definition) is 1. The molecule has 2 heterocycles. The first-order valence-corrected chi connectivity index (χ1v) is 6.57. The number of ether oxygens (including phenoxy) is 1. The Balaban J connectivity index is 1.66. The summed E-state index contributed by atoms with van der Waals surface area (Å²) in [6.45, 7) is 0. The van der Waals surface area contributed by atoms with E-state index in [0.29, 0.717) is 5.75 Å². The van der Waals surface area contributed by atoms with Crippen molar-refractivity contribution in [1.82, 2.24) is 4.90 Å². The molecule has 2 aliphatic heterocycles. The number of hydrogen-bond acceptors (Lipinski definition) is 2. The van der Waals surface area contributed by atoms with Crippen LogP contribution < -0.4 is 4.74 Å². The molecule has 3 atom stereocenters. The number of carbonyl (C=O) groups is 1. The molecule has 102 valence electrons. The highest BCUT2D eigenvalue weighted by Crippen LogP contribution is 2.37. The van der Waals surface area contributed by atoms with Gasteiger partial charge < -0.3 is 14.7 Å². The van der Waals surface area contributed by atoms with E-state index in [1.807, 2.05) is 0 Å². The van der Waals surface area contributed by atoms with Crippen molar-refractivity contribution in [2.24, 2.45) is 0 Å². The van der Waals surface area contributed by atoms with Gasteiger partial charge in [0.2, 0.25) is 0 Å². The lowest BCUT2D eigenvalue weighted by molar-refractivity contribution is 0.0495. The third kappa shape index (κ3) is 2.37. The fraction of sp³-hybridized carbons (Fsp3) is 0.500. The second-order valence-corrected chi connectivity index (χ2v) is 5.24. The minimum absolute atomic E-state index is 0.0264. The van der Waals surface area contributed by atoms with E-state index in [1.54, 1.807) is 17.0 Å². The molecular weight excluding hydrogens is 249 g/mol. The molecule has 2 fully saturated rings. The first-order valence-electron chi connectivity index (χ1n) is 6.57. The monoisotopic (exact) mass is 265 g/mol. The number of fused-ring (bicyclic) bond motifs is 2. The number of nitrogens with zero attached hydrogens (tertiary/aromatic N) is 1. The molecule has 1 aromatic rings. The minimum Gasteiger partial charge on any atom is -0.490 e. The van der Waals surface area contributed by atoms with Gasteiger partial charge in [0.05, 0.1) is 0 Å². The summed E-state index contributed by atoms with van der Waals surface area (Å²) in [6.07, 6.45) is 2.48. The number of amides is 1. The van der Waals surface area contributed by atoms with Crippen molar-refractivity contribution in [2.75, 3.05) is 0 Å². The molecule has 0 unspecified atom stereocenters. The molecule has 19 heavy (non-hydrogen) atoms. The molecule has 3 rings (SSSR count). The predicted molar refractivity (Wildman–Crippen MR) is 66.7 cm³/mol. The van der Waals surface area contributed by atoms with Gasteiger partial charge in [0.1, 0.15) is 17.7 Å². The summed E-state index contributed by atoms with van der Waals surface area (Å²) in [7, 11) is 0. The lowest BCUT2D eigenvalue weighted by Crippen LogP contribution is -2.48. The number of piperidine rings is 1. The molecule has 2 aliphatic rings. The zero-order chi connectivity index (χ0) is 13.4. The van der Waals surface area contributed by atoms with Crippen molar-refractivity contribution in [3.63, 3.8) is 0 Å². The van der Waals surface area contributed by atoms with Gasteiger partial charge in [0, 0.05) is 24.9 Å². The maximum Gasteiger partial charge on any atom is 0.407 e. The van der Waals surface area contributed by atoms with Gasteiger partial charge in [-0.1, -0.05) is 0 Å². The van der Waals surface area contributed by atoms with Gasteiger partial charge in [0.25, 0.3) is 0 Å². The normalized spacial score (nSPS) is 29.3. The quantitative estimate of drug-likeness (QED) is 0.894. The Bertz CT molecular complexity index is 462. The molecule has 2 saturated heterocycles. The fourth-order valence-corrected chi connectivity index (χ4v) is 3.24. The molecule has 0 spiro atoms. The van der Waals surface area contributed by atoms with Crippen LogP contribution in [0.3, 0.4) is 0 Å². The average molecular weight is 265 g/mol. The second-order valence-electron chi connectivity index (χ2n) is 5.24. The third-order valence-electron chi connectivity index (χ3n) is 4.03. The maximum atomic E-state index is 12.8. The molecule has 1 amide bonds. The van der Waals surface area contributed by atoms with Crippen LogP contribution in [0, 0.1) is 5.82 Å². The molecule has 1 N–H and O–H groups in total. The first-order chi connectivity index (χ1) is 9.13. The van der Waals surface area contributed by atoms with E-state index in [1.165, 1.54) is 12.1 Å². The summed E-state index contributed by atoms with van der Waals surface area (Å²) in [5.74, 6) is 0.364. The van der Waals surface area contributed by atoms with Gasteiger partial charge >= 0.3 is 6.09 Å². The van der Waals surface area contributed by atoms with Crippen molar-refractivity contribution in [3.8, 4) is 5.75 Å². The SMILES string of the molecule is O=C(O)N1[C@@H]2CC[C@H]1C[C@H](Oc1ccc(F)cc1)C2. The Morgan fingerprint density at radius 2 is 1.79 bits per heavy atom. The molecule has 4 nitrogen and oxygen atoms in total. The van der Waals surface area contributed by atoms with E-state index in [-0.39, 0.29) is 24.0 Å². The highest BCUT2D eigenvalue weighted by atomic mass is 19.1. The van der Waals surface area contributed by atoms with Gasteiger partial charge in [-0.3, -0.25) is 0 Å². The number of halogens is 1. The average Bonchev–Trinajstić information content (AvgIpc) is 2.65. The number of benzene rings is 1. The van der Waals surface area contributed by atoms with Crippen LogP contribution in [0.1, 0.15) is 25.7 Å². The Morgan fingerprint density at radius 1 is 1.21 bits per heavy atom. The van der Waals surface area contributed by atoms with Crippen LogP contribution in [0.2, 0.25) is 0 Å². The Kier molecular flexibility index (Phi) is 3.05. The Hall–Kier alpha value is -1.78. The number of rotatable bonds is 2. The van der Waals surface area contributed by atoms with E-state index < -0.39 is 6.09 Å². The molecule has 0 radical (unpaired) electrons. The summed E-state index contributed by atoms with van der Waals surface area (Å²) >= 11 is 0. The third-order valence-corrected chi connectivity index (χ3v) is 4.03. The summed E-state index contributed by atoms with van der Waals surface area (Å²) in [6, 6.07) is 6.11. The highest BCUT2D eigenvalue weighted by molar-refractivity contribution is 5.66. The van der Waals surface area contributed by atoms with Crippen molar-refractivity contribution in [3.05, 3.63) is 30.1 Å². The van der Waals surface area contributed by atoms with Gasteiger partial charge in [-0.05, 0) is 37.1 Å². The smallest absolute Gasteiger partial charge is 0.407 e. The van der Waals surface area contributed by atoms with Crippen LogP contribution >= 0.6 is 0 Å². The van der Waals surface area contributed by atoms with Crippen molar-refractivity contribution < 1.29 is 19.0 Å². The lowest BCUT2D eigenvalue weighted by Gasteiger charge is -2.37. The van der Waals surface area contributed by atoms with Crippen LogP contribution in [-0.2, 0) is 0 Å². The molecule has 0 saturated carbocycles. The Morgan fingerprint density at radius 3 is 2.32 bits per heavy atom. The van der Waals surface area contributed by atoms with Crippen LogP contribution in [0.15, 0.2) is 24.3 Å². The van der Waals surface area contributed by atoms with E-state index in [0.717, 1.165) is 25.7 Å². The summed E-state index contributed by atoms with van der Waals surface area (Å²) in [5, 5.41) is 9.17. The maximum absolute atomic E-state index is 12.8. The molecular formula is C14H16FNO3. The lowest BCUT2D eigenvalue weighted by atomic mass is 10.0. The summed E-state index contributed by atoms with van der Waals surface area (Å²) in [5.41, 5.74) is 0. The Labute approximate surface area is 110 Å². The molecule has 0 aliphatic carbocycles. The second kappa shape index (κ2) is 4.72. The van der Waals surface area contributed by atoms with Crippen LogP contribution in [0.4, 0.5) is 9.18 Å². The minimum atomic E-state index is -0.826. The highest BCUT2D eigenvalue weighted by Gasteiger charge is 2.44. The van der Waals surface area contributed by atoms with Crippen molar-refractivity contribution in [1.29, 1.82) is 0 Å². The van der Waals surface area contributed by atoms with Crippen molar-refractivity contribution >= 4 is 6.09 Å². The van der Waals surface area contributed by atoms with Gasteiger partial charge in [-0.25, -0.2) is 9.18 Å². The number of carboxylic acid groups (broad SMARTS) is 1. The van der Waals surface area contributed by atoms with E-state index in [9.17, 15) is 9.18 Å². The first kappa shape index (κ1) is 12.3. The van der Waals surface area contributed by atoms with Crippen LogP contribution in [0.25, 0.3) is 0 Å². The van der Waals surface area contributed by atoms with Gasteiger partial charge in [-0.15, -0.1) is 0 Å². The standard InChI is InChI=1S/C14H16FNO3/c15-9-1-5-12(6-2-9)19-13-7-10-3-4-11(8-13)16(10)14(17)18/h1-2,5-6,10-11,13H,3-4,7-8H2,(H,17,18)/t10-,11+,13-. The van der Waals surface area contributed by atoms with Crippen molar-refractivity contribution in [2.45, 2.75) is 43.9 Å². The van der Waals surface area contributed by atoms with Gasteiger partial charge in [0.15, 0.2) is 0 Å². The van der Waals surface area contributed by atoms with Crippen LogP contribution in [-0.4, -0.2) is 34.3 Å². The van der Waals surface area contributed by atoms with E-state index in [2.05, 4.69) is 0 Å². The topological polar surface area (TPSA) is 49.8 Å². The molecule has 0 aromatic heterocycles. The predicted octanol–water partition coefficient (Wildman–Crippen LogP) is 2.88. The zero-order valence-corrected chi connectivity index (χ0v) is 10.5. The van der Waals surface area contributed by atoms with Crippen LogP contribution in [0.5, 0.6) is 5.75 Å². The summed E-state index contributed by atoms with van der Waals surface area (Å²) < 4.78 is 18.6. The molecule has 1 aromatic carbocycles. The summed E-state index contributed by atoms with van der Waals surface area (Å²) in [4.78, 5) is 12.7. The van der Waals surface area contributed by atoms with Gasteiger partial charge in [-0.2, -0.15) is 0 Å². The largest absolute Gasteiger partial charge is 0.490 e. The zero-order valence-electron chi connectivity index (χ0n) is 10.5. The van der Waals surface area contributed by atoms with E-state index in [4.69, 9.17) is 9.84 Å².